The number of cyclic esters (lactones) is 1. The molecule has 8 nitrogen and oxygen atoms in total. The van der Waals surface area contributed by atoms with Crippen molar-refractivity contribution in [3.63, 3.8) is 0 Å². The van der Waals surface area contributed by atoms with E-state index in [9.17, 15) is 14.4 Å². The molecular weight excluding hydrogens is 352 g/mol. The van der Waals surface area contributed by atoms with Crippen LogP contribution in [0.2, 0.25) is 0 Å². The van der Waals surface area contributed by atoms with Crippen molar-refractivity contribution in [2.45, 2.75) is 57.6 Å². The summed E-state index contributed by atoms with van der Waals surface area (Å²) < 4.78 is 15.9. The van der Waals surface area contributed by atoms with Crippen molar-refractivity contribution in [3.8, 4) is 0 Å². The largest absolute Gasteiger partial charge is 0.444 e. The van der Waals surface area contributed by atoms with Gasteiger partial charge in [-0.25, -0.2) is 14.5 Å². The third-order valence-corrected chi connectivity index (χ3v) is 4.40. The Kier molecular flexibility index (Phi) is 5.10. The highest BCUT2D eigenvalue weighted by Gasteiger charge is 2.50. The molecule has 27 heavy (non-hydrogen) atoms. The Morgan fingerprint density at radius 3 is 2.44 bits per heavy atom. The number of hydrogen-bond donors (Lipinski definition) is 1. The molecule has 0 aromatic heterocycles. The molecule has 0 aliphatic carbocycles. The van der Waals surface area contributed by atoms with Gasteiger partial charge >= 0.3 is 12.2 Å². The smallest absolute Gasteiger partial charge is 0.417 e. The molecule has 4 atom stereocenters. The Hall–Kier alpha value is -2.61. The predicted octanol–water partition coefficient (Wildman–Crippen LogP) is 2.39. The molecule has 0 spiro atoms. The molecule has 3 amide bonds. The molecule has 146 valence electrons. The lowest BCUT2D eigenvalue weighted by Crippen LogP contribution is -2.63. The van der Waals surface area contributed by atoms with E-state index in [1.807, 2.05) is 30.3 Å². The van der Waals surface area contributed by atoms with Gasteiger partial charge in [0.1, 0.15) is 11.7 Å². The molecule has 1 N–H and O–H groups in total. The van der Waals surface area contributed by atoms with Crippen molar-refractivity contribution in [3.05, 3.63) is 35.9 Å². The first-order valence-electron chi connectivity index (χ1n) is 8.87. The number of nitrogens with zero attached hydrogens (tertiary/aromatic N) is 1. The zero-order chi connectivity index (χ0) is 19.8. The summed E-state index contributed by atoms with van der Waals surface area (Å²) in [6.07, 6.45) is -2.83. The number of carbonyl (C=O) groups excluding carboxylic acids is 3. The lowest BCUT2D eigenvalue weighted by molar-refractivity contribution is -0.160. The summed E-state index contributed by atoms with van der Waals surface area (Å²) in [5.74, 6) is -0.529. The molecule has 0 radical (unpaired) electrons. The number of ether oxygens (including phenoxy) is 3. The number of carbonyl (C=O) groups is 3. The summed E-state index contributed by atoms with van der Waals surface area (Å²) in [6.45, 7) is 7.17. The Labute approximate surface area is 157 Å². The van der Waals surface area contributed by atoms with E-state index in [0.29, 0.717) is 0 Å². The fraction of sp³-hybridized carbons (Fsp3) is 0.526. The van der Waals surface area contributed by atoms with Crippen molar-refractivity contribution in [1.82, 2.24) is 10.2 Å². The van der Waals surface area contributed by atoms with Crippen LogP contribution >= 0.6 is 0 Å². The van der Waals surface area contributed by atoms with Crippen molar-refractivity contribution in [2.24, 2.45) is 0 Å². The maximum Gasteiger partial charge on any atom is 0.417 e. The molecule has 2 heterocycles. The average molecular weight is 376 g/mol. The van der Waals surface area contributed by atoms with Crippen LogP contribution in [0.3, 0.4) is 0 Å². The molecule has 2 aliphatic rings. The van der Waals surface area contributed by atoms with E-state index in [-0.39, 0.29) is 6.61 Å². The molecule has 8 heteroatoms. The number of amides is 3. The van der Waals surface area contributed by atoms with E-state index in [4.69, 9.17) is 14.2 Å². The van der Waals surface area contributed by atoms with Gasteiger partial charge in [-0.05, 0) is 33.3 Å². The molecule has 0 unspecified atom stereocenters. The second-order valence-corrected chi connectivity index (χ2v) is 7.67. The lowest BCUT2D eigenvalue weighted by atomic mass is 10.0. The summed E-state index contributed by atoms with van der Waals surface area (Å²) in [5, 5.41) is 2.61. The summed E-state index contributed by atoms with van der Waals surface area (Å²) in [5.41, 5.74) is 0.163. The molecular formula is C19H24N2O6. The van der Waals surface area contributed by atoms with Gasteiger partial charge in [0.05, 0.1) is 18.7 Å². The highest BCUT2D eigenvalue weighted by Crippen LogP contribution is 2.33. The van der Waals surface area contributed by atoms with Crippen molar-refractivity contribution in [2.75, 3.05) is 6.61 Å². The summed E-state index contributed by atoms with van der Waals surface area (Å²) in [7, 11) is 0. The van der Waals surface area contributed by atoms with E-state index in [0.717, 1.165) is 10.5 Å². The van der Waals surface area contributed by atoms with Gasteiger partial charge in [0.15, 0.2) is 6.10 Å². The SMILES string of the molecule is C[C@H]1[C@@H](c2ccccc2)OC(=O)N1C(=O)[C@H]1OC[C@H]1NC(=O)OC(C)(C)C. The zero-order valence-electron chi connectivity index (χ0n) is 15.8. The maximum absolute atomic E-state index is 12.8. The maximum atomic E-state index is 12.8. The van der Waals surface area contributed by atoms with Gasteiger partial charge in [-0.15, -0.1) is 0 Å². The minimum absolute atomic E-state index is 0.176. The number of benzene rings is 1. The minimum Gasteiger partial charge on any atom is -0.444 e. The van der Waals surface area contributed by atoms with E-state index < -0.39 is 48.0 Å². The van der Waals surface area contributed by atoms with E-state index in [1.54, 1.807) is 27.7 Å². The van der Waals surface area contributed by atoms with Crippen LogP contribution in [0.1, 0.15) is 39.4 Å². The van der Waals surface area contributed by atoms with Gasteiger partial charge in [0, 0.05) is 0 Å². The van der Waals surface area contributed by atoms with Crippen molar-refractivity contribution in [1.29, 1.82) is 0 Å². The Balaban J connectivity index is 1.65. The van der Waals surface area contributed by atoms with Crippen LogP contribution in [-0.2, 0) is 19.0 Å². The molecule has 0 saturated carbocycles. The molecule has 2 fully saturated rings. The number of rotatable bonds is 3. The van der Waals surface area contributed by atoms with Gasteiger partial charge in [0.2, 0.25) is 0 Å². The number of alkyl carbamates (subject to hydrolysis) is 1. The van der Waals surface area contributed by atoms with E-state index in [1.165, 1.54) is 0 Å². The summed E-state index contributed by atoms with van der Waals surface area (Å²) in [6, 6.07) is 8.20. The highest BCUT2D eigenvalue weighted by molar-refractivity contribution is 5.97. The second kappa shape index (κ2) is 7.19. The molecule has 2 saturated heterocycles. The Bertz CT molecular complexity index is 729. The van der Waals surface area contributed by atoms with Gasteiger partial charge in [-0.2, -0.15) is 0 Å². The summed E-state index contributed by atoms with van der Waals surface area (Å²) in [4.78, 5) is 38.1. The normalized spacial score (nSPS) is 27.6. The quantitative estimate of drug-likeness (QED) is 0.870. The molecule has 0 bridgehead atoms. The fourth-order valence-electron chi connectivity index (χ4n) is 3.09. The third-order valence-electron chi connectivity index (χ3n) is 4.40. The Morgan fingerprint density at radius 2 is 1.89 bits per heavy atom. The van der Waals surface area contributed by atoms with Gasteiger partial charge < -0.3 is 19.5 Å². The van der Waals surface area contributed by atoms with Crippen LogP contribution < -0.4 is 5.32 Å². The first kappa shape index (κ1) is 19.2. The first-order valence-corrected chi connectivity index (χ1v) is 8.87. The van der Waals surface area contributed by atoms with E-state index in [2.05, 4.69) is 5.32 Å². The monoisotopic (exact) mass is 376 g/mol. The number of imide groups is 1. The van der Waals surface area contributed by atoms with Crippen LogP contribution in [0, 0.1) is 0 Å². The second-order valence-electron chi connectivity index (χ2n) is 7.67. The van der Waals surface area contributed by atoms with E-state index >= 15 is 0 Å². The standard InChI is InChI=1S/C19H24N2O6/c1-11-14(12-8-6-5-7-9-12)26-18(24)21(11)16(22)15-13(10-25-15)20-17(23)27-19(2,3)4/h5-9,11,13-15H,10H2,1-4H3,(H,20,23)/t11-,13+,14-,15-/m0/s1. The summed E-state index contributed by atoms with van der Waals surface area (Å²) >= 11 is 0. The average Bonchev–Trinajstić information content (AvgIpc) is 2.85. The van der Waals surface area contributed by atoms with Gasteiger partial charge in [0.25, 0.3) is 5.91 Å². The highest BCUT2D eigenvalue weighted by atomic mass is 16.6. The molecule has 3 rings (SSSR count). The number of hydrogen-bond acceptors (Lipinski definition) is 6. The van der Waals surface area contributed by atoms with Crippen LogP contribution in [0.15, 0.2) is 30.3 Å². The predicted molar refractivity (Wildman–Crippen MR) is 94.9 cm³/mol. The third kappa shape index (κ3) is 4.05. The first-order chi connectivity index (χ1) is 12.7. The van der Waals surface area contributed by atoms with Crippen molar-refractivity contribution < 1.29 is 28.6 Å². The van der Waals surface area contributed by atoms with Crippen molar-refractivity contribution >= 4 is 18.1 Å². The lowest BCUT2D eigenvalue weighted by Gasteiger charge is -2.38. The molecule has 1 aromatic carbocycles. The minimum atomic E-state index is -0.943. The van der Waals surface area contributed by atoms with Gasteiger partial charge in [-0.3, -0.25) is 4.79 Å². The fourth-order valence-corrected chi connectivity index (χ4v) is 3.09. The van der Waals surface area contributed by atoms with Crippen LogP contribution in [0.4, 0.5) is 9.59 Å². The topological polar surface area (TPSA) is 94.2 Å². The molecule has 2 aliphatic heterocycles. The number of nitrogens with one attached hydrogen (secondary N) is 1. The van der Waals surface area contributed by atoms with Crippen LogP contribution in [0.5, 0.6) is 0 Å². The van der Waals surface area contributed by atoms with Gasteiger partial charge in [-0.1, -0.05) is 30.3 Å². The Morgan fingerprint density at radius 1 is 1.22 bits per heavy atom. The molecule has 1 aromatic rings. The van der Waals surface area contributed by atoms with Crippen LogP contribution in [-0.4, -0.2) is 53.4 Å². The van der Waals surface area contributed by atoms with Crippen LogP contribution in [0.25, 0.3) is 0 Å². The zero-order valence-corrected chi connectivity index (χ0v) is 15.8.